The van der Waals surface area contributed by atoms with Crippen molar-refractivity contribution in [2.45, 2.75) is 73.1 Å². The molecule has 1 N–H and O–H groups in total. The second kappa shape index (κ2) is 10.5. The van der Waals surface area contributed by atoms with Gasteiger partial charge >= 0.3 is 6.09 Å². The standard InChI is InChI=1S/C26H40N6O4/c1-25(2,3)20(23(34)27-7)29-22(33)19-18-16-30(8)12-9-13-32(18)21(28-19)17-10-14-31(15-11-17)24(35)36-26(4,5)6/h10H,9,11-16H2,1-8H3,(H,27,34). The van der Waals surface area contributed by atoms with Gasteiger partial charge in [-0.15, -0.1) is 0 Å². The predicted octanol–water partition coefficient (Wildman–Crippen LogP) is 3.12. The van der Waals surface area contributed by atoms with E-state index < -0.39 is 16.9 Å². The SMILES string of the molecule is CNC(=O)C(=NC(=O)c1nc(C2=CCN(C(=O)OC(C)(C)C)CC2)n2c1CN(C)CCC2)C(C)(C)C. The molecule has 0 atom stereocenters. The molecule has 0 radical (unpaired) electrons. The molecule has 3 amide bonds. The topological polar surface area (TPSA) is 109 Å². The van der Waals surface area contributed by atoms with Crippen molar-refractivity contribution in [1.82, 2.24) is 24.7 Å². The molecule has 0 saturated carbocycles. The van der Waals surface area contributed by atoms with Crippen LogP contribution >= 0.6 is 0 Å². The maximum atomic E-state index is 13.4. The Hall–Kier alpha value is -3.01. The van der Waals surface area contributed by atoms with Crippen LogP contribution in [0, 0.1) is 5.41 Å². The van der Waals surface area contributed by atoms with E-state index in [-0.39, 0.29) is 23.4 Å². The molecule has 0 aromatic carbocycles. The lowest BCUT2D eigenvalue weighted by molar-refractivity contribution is -0.114. The van der Waals surface area contributed by atoms with E-state index in [9.17, 15) is 14.4 Å². The first-order chi connectivity index (χ1) is 16.7. The highest BCUT2D eigenvalue weighted by Gasteiger charge is 2.31. The van der Waals surface area contributed by atoms with Gasteiger partial charge in [-0.05, 0) is 52.8 Å². The Bertz CT molecular complexity index is 1090. The van der Waals surface area contributed by atoms with Crippen LogP contribution < -0.4 is 5.32 Å². The molecule has 1 aromatic heterocycles. The van der Waals surface area contributed by atoms with E-state index >= 15 is 0 Å². The molecule has 0 fully saturated rings. The summed E-state index contributed by atoms with van der Waals surface area (Å²) in [5, 5.41) is 2.58. The number of aliphatic imine (C=N–C) groups is 1. The Balaban J connectivity index is 1.98. The first kappa shape index (κ1) is 27.6. The Labute approximate surface area is 213 Å². The fraction of sp³-hybridized carbons (Fsp3) is 0.654. The molecular weight excluding hydrogens is 460 g/mol. The van der Waals surface area contributed by atoms with Gasteiger partial charge in [-0.3, -0.25) is 9.59 Å². The van der Waals surface area contributed by atoms with E-state index in [1.807, 2.05) is 54.7 Å². The zero-order chi connectivity index (χ0) is 26.8. The van der Waals surface area contributed by atoms with Gasteiger partial charge in [0.05, 0.1) is 5.69 Å². The molecule has 0 spiro atoms. The highest BCUT2D eigenvalue weighted by molar-refractivity contribution is 6.42. The van der Waals surface area contributed by atoms with Crippen molar-refractivity contribution in [3.63, 3.8) is 0 Å². The summed E-state index contributed by atoms with van der Waals surface area (Å²) in [5.41, 5.74) is 1.09. The number of aromatic nitrogens is 2. The van der Waals surface area contributed by atoms with Crippen molar-refractivity contribution < 1.29 is 19.1 Å². The average Bonchev–Trinajstić information content (AvgIpc) is 3.01. The van der Waals surface area contributed by atoms with Gasteiger partial charge in [0.2, 0.25) is 0 Å². The van der Waals surface area contributed by atoms with E-state index in [0.717, 1.165) is 36.6 Å². The smallest absolute Gasteiger partial charge is 0.410 e. The van der Waals surface area contributed by atoms with Gasteiger partial charge in [0.25, 0.3) is 11.8 Å². The number of imidazole rings is 1. The number of carbonyl (C=O) groups excluding carboxylic acids is 3. The Morgan fingerprint density at radius 3 is 2.33 bits per heavy atom. The zero-order valence-corrected chi connectivity index (χ0v) is 22.9. The fourth-order valence-corrected chi connectivity index (χ4v) is 4.33. The molecule has 198 valence electrons. The lowest BCUT2D eigenvalue weighted by Crippen LogP contribution is -2.39. The first-order valence-corrected chi connectivity index (χ1v) is 12.5. The summed E-state index contributed by atoms with van der Waals surface area (Å²) in [6, 6.07) is 0. The third-order valence-electron chi connectivity index (χ3n) is 6.13. The number of hydrogen-bond donors (Lipinski definition) is 1. The van der Waals surface area contributed by atoms with Crippen LogP contribution in [0.25, 0.3) is 5.57 Å². The number of rotatable bonds is 3. The quantitative estimate of drug-likeness (QED) is 0.639. The highest BCUT2D eigenvalue weighted by atomic mass is 16.6. The number of amides is 3. The zero-order valence-electron chi connectivity index (χ0n) is 22.9. The monoisotopic (exact) mass is 500 g/mol. The molecule has 0 unspecified atom stereocenters. The molecule has 10 heteroatoms. The van der Waals surface area contributed by atoms with E-state index in [0.29, 0.717) is 26.1 Å². The second-order valence-electron chi connectivity index (χ2n) is 11.5. The van der Waals surface area contributed by atoms with E-state index in [4.69, 9.17) is 9.72 Å². The van der Waals surface area contributed by atoms with Gasteiger partial charge in [0.1, 0.15) is 17.1 Å². The van der Waals surface area contributed by atoms with Crippen LogP contribution in [0.2, 0.25) is 0 Å². The van der Waals surface area contributed by atoms with Crippen LogP contribution in [-0.4, -0.2) is 82.3 Å². The minimum atomic E-state index is -0.608. The second-order valence-corrected chi connectivity index (χ2v) is 11.5. The Morgan fingerprint density at radius 2 is 1.78 bits per heavy atom. The molecule has 3 rings (SSSR count). The molecule has 2 aliphatic heterocycles. The Kier molecular flexibility index (Phi) is 8.07. The number of hydrogen-bond acceptors (Lipinski definition) is 6. The van der Waals surface area contributed by atoms with Crippen molar-refractivity contribution in [3.05, 3.63) is 23.3 Å². The van der Waals surface area contributed by atoms with Gasteiger partial charge < -0.3 is 24.4 Å². The maximum absolute atomic E-state index is 13.4. The molecule has 10 nitrogen and oxygen atoms in total. The first-order valence-electron chi connectivity index (χ1n) is 12.5. The number of fused-ring (bicyclic) bond motifs is 1. The Morgan fingerprint density at radius 1 is 1.08 bits per heavy atom. The molecule has 0 bridgehead atoms. The van der Waals surface area contributed by atoms with Crippen molar-refractivity contribution in [3.8, 4) is 0 Å². The third kappa shape index (κ3) is 6.40. The largest absolute Gasteiger partial charge is 0.444 e. The summed E-state index contributed by atoms with van der Waals surface area (Å²) < 4.78 is 7.61. The van der Waals surface area contributed by atoms with E-state index in [1.165, 1.54) is 7.05 Å². The fourth-order valence-electron chi connectivity index (χ4n) is 4.33. The molecular formula is C26H40N6O4. The van der Waals surface area contributed by atoms with Crippen molar-refractivity contribution in [2.24, 2.45) is 10.4 Å². The van der Waals surface area contributed by atoms with E-state index in [1.54, 1.807) is 4.90 Å². The van der Waals surface area contributed by atoms with Gasteiger partial charge in [0.15, 0.2) is 5.69 Å². The van der Waals surface area contributed by atoms with Gasteiger partial charge in [0, 0.05) is 38.6 Å². The maximum Gasteiger partial charge on any atom is 0.410 e. The van der Waals surface area contributed by atoms with Crippen molar-refractivity contribution >= 4 is 29.2 Å². The molecule has 0 aliphatic carbocycles. The molecule has 0 saturated heterocycles. The lowest BCUT2D eigenvalue weighted by atomic mass is 9.89. The molecule has 36 heavy (non-hydrogen) atoms. The van der Waals surface area contributed by atoms with Crippen LogP contribution in [-0.2, 0) is 22.6 Å². The van der Waals surface area contributed by atoms with Crippen LogP contribution in [0.4, 0.5) is 4.79 Å². The van der Waals surface area contributed by atoms with Crippen LogP contribution in [0.1, 0.15) is 76.4 Å². The van der Waals surface area contributed by atoms with E-state index in [2.05, 4.69) is 19.8 Å². The van der Waals surface area contributed by atoms with Crippen LogP contribution in [0.3, 0.4) is 0 Å². The third-order valence-corrected chi connectivity index (χ3v) is 6.13. The summed E-state index contributed by atoms with van der Waals surface area (Å²) >= 11 is 0. The molecule has 1 aromatic rings. The lowest BCUT2D eigenvalue weighted by Gasteiger charge is -2.29. The van der Waals surface area contributed by atoms with Crippen molar-refractivity contribution in [1.29, 1.82) is 0 Å². The van der Waals surface area contributed by atoms with Gasteiger partial charge in [-0.2, -0.15) is 0 Å². The number of ether oxygens (including phenoxy) is 1. The van der Waals surface area contributed by atoms with Crippen molar-refractivity contribution in [2.75, 3.05) is 33.7 Å². The summed E-state index contributed by atoms with van der Waals surface area (Å²) in [6.07, 6.45) is 3.18. The minimum Gasteiger partial charge on any atom is -0.444 e. The van der Waals surface area contributed by atoms with Crippen LogP contribution in [0.5, 0.6) is 0 Å². The predicted molar refractivity (Wildman–Crippen MR) is 139 cm³/mol. The highest BCUT2D eigenvalue weighted by Crippen LogP contribution is 2.28. The summed E-state index contributed by atoms with van der Waals surface area (Å²) in [7, 11) is 3.55. The molecule has 3 heterocycles. The summed E-state index contributed by atoms with van der Waals surface area (Å²) in [6.45, 7) is 14.2. The number of nitrogens with zero attached hydrogens (tertiary/aromatic N) is 5. The van der Waals surface area contributed by atoms with Gasteiger partial charge in [-0.1, -0.05) is 26.8 Å². The van der Waals surface area contributed by atoms with Gasteiger partial charge in [-0.25, -0.2) is 14.8 Å². The normalized spacial score (nSPS) is 17.7. The average molecular weight is 501 g/mol. The van der Waals surface area contributed by atoms with Crippen LogP contribution in [0.15, 0.2) is 11.1 Å². The number of nitrogens with one attached hydrogen (secondary N) is 1. The number of carbonyl (C=O) groups is 3. The minimum absolute atomic E-state index is 0.171. The molecule has 2 aliphatic rings. The summed E-state index contributed by atoms with van der Waals surface area (Å²) in [4.78, 5) is 51.3. The summed E-state index contributed by atoms with van der Waals surface area (Å²) in [5.74, 6) is -0.156.